The second-order valence-corrected chi connectivity index (χ2v) is 3.30. The van der Waals surface area contributed by atoms with Gasteiger partial charge in [-0.3, -0.25) is 4.79 Å². The Kier molecular flexibility index (Phi) is 3.16. The fourth-order valence-electron chi connectivity index (χ4n) is 1.18. The summed E-state index contributed by atoms with van der Waals surface area (Å²) in [7, 11) is 0. The Bertz CT molecular complexity index is 483. The molecule has 0 aliphatic rings. The summed E-state index contributed by atoms with van der Waals surface area (Å²) in [5, 5.41) is 10.6. The number of halogens is 1. The quantitative estimate of drug-likeness (QED) is 0.821. The molecular formula is C10H9ClN4O. The van der Waals surface area contributed by atoms with Crippen LogP contribution in [0.5, 0.6) is 0 Å². The summed E-state index contributed by atoms with van der Waals surface area (Å²) < 4.78 is 0. The van der Waals surface area contributed by atoms with Gasteiger partial charge in [0.25, 0.3) is 0 Å². The largest absolute Gasteiger partial charge is 0.307 e. The lowest BCUT2D eigenvalue weighted by molar-refractivity contribution is -0.113. The van der Waals surface area contributed by atoms with Crippen molar-refractivity contribution < 1.29 is 4.79 Å². The van der Waals surface area contributed by atoms with Gasteiger partial charge in [0.1, 0.15) is 5.88 Å². The van der Waals surface area contributed by atoms with Gasteiger partial charge < -0.3 is 5.32 Å². The topological polar surface area (TPSA) is 59.8 Å². The summed E-state index contributed by atoms with van der Waals surface area (Å²) in [5.74, 6) is -0.0191. The molecule has 1 amide bonds. The SMILES string of the molecule is O=C(CCl)Nc1cnn(-c2ccccc2)n1. The van der Waals surface area contributed by atoms with Gasteiger partial charge in [-0.15, -0.1) is 21.5 Å². The van der Waals surface area contributed by atoms with Crippen LogP contribution in [-0.4, -0.2) is 26.8 Å². The summed E-state index contributed by atoms with van der Waals surface area (Å²) in [6.45, 7) is 0. The minimum atomic E-state index is -0.304. The Labute approximate surface area is 97.0 Å². The van der Waals surface area contributed by atoms with Crippen LogP contribution in [0.4, 0.5) is 5.82 Å². The van der Waals surface area contributed by atoms with E-state index in [-0.39, 0.29) is 11.8 Å². The molecule has 1 aromatic carbocycles. The summed E-state index contributed by atoms with van der Waals surface area (Å²) >= 11 is 5.36. The Balaban J connectivity index is 2.17. The smallest absolute Gasteiger partial charge is 0.240 e. The lowest BCUT2D eigenvalue weighted by Crippen LogP contribution is -2.13. The number of carbonyl (C=O) groups excluding carboxylic acids is 1. The number of alkyl halides is 1. The fourth-order valence-corrected chi connectivity index (χ4v) is 1.25. The third-order valence-electron chi connectivity index (χ3n) is 1.87. The molecule has 5 nitrogen and oxygen atoms in total. The zero-order valence-electron chi connectivity index (χ0n) is 8.30. The number of aromatic nitrogens is 3. The molecule has 2 rings (SSSR count). The van der Waals surface area contributed by atoms with Crippen molar-refractivity contribution in [3.05, 3.63) is 36.5 Å². The maximum atomic E-state index is 11.0. The summed E-state index contributed by atoms with van der Waals surface area (Å²) in [5.41, 5.74) is 0.828. The third kappa shape index (κ3) is 2.38. The van der Waals surface area contributed by atoms with Crippen molar-refractivity contribution in [1.29, 1.82) is 0 Å². The van der Waals surface area contributed by atoms with E-state index in [2.05, 4.69) is 15.5 Å². The van der Waals surface area contributed by atoms with Gasteiger partial charge in [0.15, 0.2) is 5.82 Å². The lowest BCUT2D eigenvalue weighted by Gasteiger charge is -1.98. The van der Waals surface area contributed by atoms with E-state index in [0.29, 0.717) is 5.82 Å². The number of nitrogens with one attached hydrogen (secondary N) is 1. The zero-order valence-corrected chi connectivity index (χ0v) is 9.05. The van der Waals surface area contributed by atoms with E-state index in [4.69, 9.17) is 11.6 Å². The molecule has 0 bridgehead atoms. The van der Waals surface area contributed by atoms with E-state index in [0.717, 1.165) is 5.69 Å². The molecule has 0 aliphatic heterocycles. The number of hydrogen-bond donors (Lipinski definition) is 1. The molecule has 2 aromatic rings. The number of carbonyl (C=O) groups is 1. The van der Waals surface area contributed by atoms with Gasteiger partial charge in [0.05, 0.1) is 11.9 Å². The highest BCUT2D eigenvalue weighted by Crippen LogP contribution is 2.06. The second kappa shape index (κ2) is 4.76. The van der Waals surface area contributed by atoms with E-state index in [1.165, 1.54) is 11.0 Å². The molecule has 82 valence electrons. The molecule has 0 radical (unpaired) electrons. The summed E-state index contributed by atoms with van der Waals surface area (Å²) in [4.78, 5) is 12.4. The first-order chi connectivity index (χ1) is 7.79. The molecule has 0 spiro atoms. The molecule has 0 fully saturated rings. The first-order valence-corrected chi connectivity index (χ1v) is 5.16. The molecule has 0 saturated heterocycles. The van der Waals surface area contributed by atoms with E-state index in [9.17, 15) is 4.79 Å². The van der Waals surface area contributed by atoms with Crippen LogP contribution >= 0.6 is 11.6 Å². The van der Waals surface area contributed by atoms with E-state index in [1.807, 2.05) is 30.3 Å². The predicted molar refractivity (Wildman–Crippen MR) is 60.7 cm³/mol. The van der Waals surface area contributed by atoms with Gasteiger partial charge >= 0.3 is 0 Å². The zero-order chi connectivity index (χ0) is 11.4. The van der Waals surface area contributed by atoms with Crippen molar-refractivity contribution >= 4 is 23.3 Å². The number of benzene rings is 1. The van der Waals surface area contributed by atoms with Crippen molar-refractivity contribution in [2.24, 2.45) is 0 Å². The van der Waals surface area contributed by atoms with Crippen molar-refractivity contribution in [1.82, 2.24) is 15.0 Å². The number of hydrogen-bond acceptors (Lipinski definition) is 3. The molecule has 0 unspecified atom stereocenters. The number of amides is 1. The van der Waals surface area contributed by atoms with Crippen LogP contribution in [0.15, 0.2) is 36.5 Å². The maximum absolute atomic E-state index is 11.0. The summed E-state index contributed by atoms with van der Waals surface area (Å²) in [6.07, 6.45) is 1.47. The monoisotopic (exact) mass is 236 g/mol. The molecule has 0 atom stereocenters. The standard InChI is InChI=1S/C10H9ClN4O/c11-6-10(16)13-9-7-12-15(14-9)8-4-2-1-3-5-8/h1-5,7H,6H2,(H,13,14,16). The van der Waals surface area contributed by atoms with Crippen LogP contribution in [0.25, 0.3) is 5.69 Å². The van der Waals surface area contributed by atoms with Crippen molar-refractivity contribution in [2.75, 3.05) is 11.2 Å². The normalized spacial score (nSPS) is 10.1. The lowest BCUT2D eigenvalue weighted by atomic mass is 10.3. The Morgan fingerprint density at radius 1 is 1.38 bits per heavy atom. The van der Waals surface area contributed by atoms with Crippen LogP contribution in [-0.2, 0) is 4.79 Å². The molecule has 0 saturated carbocycles. The van der Waals surface area contributed by atoms with Crippen molar-refractivity contribution in [3.63, 3.8) is 0 Å². The molecule has 1 heterocycles. The van der Waals surface area contributed by atoms with Crippen LogP contribution in [0.2, 0.25) is 0 Å². The van der Waals surface area contributed by atoms with Crippen molar-refractivity contribution in [2.45, 2.75) is 0 Å². The highest BCUT2D eigenvalue weighted by Gasteiger charge is 2.05. The van der Waals surface area contributed by atoms with E-state index < -0.39 is 0 Å². The Morgan fingerprint density at radius 2 is 2.12 bits per heavy atom. The van der Waals surface area contributed by atoms with Gasteiger partial charge in [-0.25, -0.2) is 0 Å². The molecule has 1 aromatic heterocycles. The summed E-state index contributed by atoms with van der Waals surface area (Å²) in [6, 6.07) is 9.41. The predicted octanol–water partition coefficient (Wildman–Crippen LogP) is 1.44. The first kappa shape index (κ1) is 10.6. The molecule has 0 aliphatic carbocycles. The van der Waals surface area contributed by atoms with E-state index >= 15 is 0 Å². The first-order valence-electron chi connectivity index (χ1n) is 4.63. The average Bonchev–Trinajstić information content (AvgIpc) is 2.78. The molecule has 16 heavy (non-hydrogen) atoms. The average molecular weight is 237 g/mol. The Morgan fingerprint density at radius 3 is 2.81 bits per heavy atom. The van der Waals surface area contributed by atoms with E-state index in [1.54, 1.807) is 0 Å². The van der Waals surface area contributed by atoms with Gasteiger partial charge in [-0.1, -0.05) is 18.2 Å². The van der Waals surface area contributed by atoms with Gasteiger partial charge in [0.2, 0.25) is 5.91 Å². The Hall–Kier alpha value is -1.88. The number of para-hydroxylation sites is 1. The molecule has 6 heteroatoms. The maximum Gasteiger partial charge on any atom is 0.240 e. The van der Waals surface area contributed by atoms with Crippen LogP contribution in [0.1, 0.15) is 0 Å². The second-order valence-electron chi connectivity index (χ2n) is 3.04. The number of nitrogens with zero attached hydrogens (tertiary/aromatic N) is 3. The molecule has 1 N–H and O–H groups in total. The molecular weight excluding hydrogens is 228 g/mol. The minimum Gasteiger partial charge on any atom is -0.307 e. The number of anilines is 1. The highest BCUT2D eigenvalue weighted by atomic mass is 35.5. The van der Waals surface area contributed by atoms with Crippen molar-refractivity contribution in [3.8, 4) is 5.69 Å². The van der Waals surface area contributed by atoms with Crippen LogP contribution in [0, 0.1) is 0 Å². The highest BCUT2D eigenvalue weighted by molar-refractivity contribution is 6.28. The third-order valence-corrected chi connectivity index (χ3v) is 2.11. The minimum absolute atomic E-state index is 0.0990. The van der Waals surface area contributed by atoms with Gasteiger partial charge in [-0.05, 0) is 12.1 Å². The van der Waals surface area contributed by atoms with Crippen LogP contribution < -0.4 is 5.32 Å². The fraction of sp³-hybridized carbons (Fsp3) is 0.100. The van der Waals surface area contributed by atoms with Gasteiger partial charge in [-0.2, -0.15) is 5.10 Å². The van der Waals surface area contributed by atoms with Crippen LogP contribution in [0.3, 0.4) is 0 Å². The van der Waals surface area contributed by atoms with Gasteiger partial charge in [0, 0.05) is 0 Å². The number of rotatable bonds is 3.